The number of amides is 1. The number of hydrogen-bond donors (Lipinski definition) is 5. The first-order valence-electron chi connectivity index (χ1n) is 11.9. The van der Waals surface area contributed by atoms with Crippen LogP contribution in [-0.2, 0) is 16.0 Å². The smallest absolute Gasteiger partial charge is 0.237 e. The lowest BCUT2D eigenvalue weighted by Gasteiger charge is -2.44. The molecule has 8 atom stereocenters. The number of carbonyl (C=O) groups excluding carboxylic acids is 1. The Kier molecular flexibility index (Phi) is 10.7. The van der Waals surface area contributed by atoms with Crippen LogP contribution in [0.2, 0.25) is 0 Å². The van der Waals surface area contributed by atoms with Gasteiger partial charge >= 0.3 is 0 Å². The van der Waals surface area contributed by atoms with Crippen LogP contribution in [0.25, 0.3) is 0 Å². The minimum atomic E-state index is -1.38. The summed E-state index contributed by atoms with van der Waals surface area (Å²) in [5.41, 5.74) is 1.95. The summed E-state index contributed by atoms with van der Waals surface area (Å²) < 4.78 is 5.84. The number of halogens is 1. The van der Waals surface area contributed by atoms with E-state index in [9.17, 15) is 20.1 Å². The molecule has 2 aliphatic rings. The zero-order chi connectivity index (χ0) is 24.7. The number of nitrogens with one attached hydrogen (secondary N) is 2. The van der Waals surface area contributed by atoms with Gasteiger partial charge in [-0.15, -0.1) is 23.4 Å². The predicted octanol–water partition coefficient (Wildman–Crippen LogP) is 1.97. The van der Waals surface area contributed by atoms with Crippen LogP contribution >= 0.6 is 23.4 Å². The lowest BCUT2D eigenvalue weighted by Crippen LogP contribution is -2.65. The molecule has 2 heterocycles. The Morgan fingerprint density at radius 3 is 2.65 bits per heavy atom. The number of benzene rings is 1. The van der Waals surface area contributed by atoms with Crippen LogP contribution in [0.3, 0.4) is 0 Å². The van der Waals surface area contributed by atoms with E-state index in [0.717, 1.165) is 25.7 Å². The van der Waals surface area contributed by atoms with Crippen LogP contribution in [-0.4, -0.2) is 81.3 Å². The molecule has 190 valence electrons. The molecule has 34 heavy (non-hydrogen) atoms. The van der Waals surface area contributed by atoms with Crippen LogP contribution in [0, 0.1) is 0 Å². The van der Waals surface area contributed by atoms with Gasteiger partial charge < -0.3 is 30.7 Å². The number of ether oxygens (including phenoxy) is 1. The normalized spacial score (nSPS) is 33.2. The second-order valence-electron chi connectivity index (χ2n) is 9.07. The average Bonchev–Trinajstić information content (AvgIpc) is 3.08. The molecular formula is C25H37ClN2O5S. The first-order valence-corrected chi connectivity index (χ1v) is 13.7. The van der Waals surface area contributed by atoms with E-state index in [1.807, 2.05) is 6.07 Å². The highest BCUT2D eigenvalue weighted by molar-refractivity contribution is 7.99. The largest absolute Gasteiger partial charge is 0.388 e. The molecule has 0 radical (unpaired) electrons. The van der Waals surface area contributed by atoms with Crippen LogP contribution in [0.15, 0.2) is 42.0 Å². The van der Waals surface area contributed by atoms with Gasteiger partial charge in [0.2, 0.25) is 5.91 Å². The van der Waals surface area contributed by atoms with E-state index in [4.69, 9.17) is 16.3 Å². The van der Waals surface area contributed by atoms with Crippen molar-refractivity contribution in [1.29, 1.82) is 0 Å². The van der Waals surface area contributed by atoms with Crippen LogP contribution < -0.4 is 10.6 Å². The van der Waals surface area contributed by atoms with E-state index in [2.05, 4.69) is 41.0 Å². The number of allylic oxidation sites excluding steroid dienone is 1. The van der Waals surface area contributed by atoms with Gasteiger partial charge in [0, 0.05) is 0 Å². The molecule has 2 aliphatic heterocycles. The third-order valence-electron chi connectivity index (χ3n) is 6.61. The highest BCUT2D eigenvalue weighted by Crippen LogP contribution is 2.30. The fraction of sp³-hybridized carbons (Fsp3) is 0.640. The minimum absolute atomic E-state index is 0.208. The fourth-order valence-corrected chi connectivity index (χ4v) is 5.45. The van der Waals surface area contributed by atoms with E-state index >= 15 is 0 Å². The predicted molar refractivity (Wildman–Crippen MR) is 136 cm³/mol. The quantitative estimate of drug-likeness (QED) is 0.267. The number of carbonyl (C=O) groups is 1. The van der Waals surface area contributed by atoms with Gasteiger partial charge in [-0.25, -0.2) is 0 Å². The zero-order valence-corrected chi connectivity index (χ0v) is 21.3. The van der Waals surface area contributed by atoms with Crippen molar-refractivity contribution in [2.75, 3.05) is 12.8 Å². The van der Waals surface area contributed by atoms with Crippen molar-refractivity contribution >= 4 is 29.3 Å². The van der Waals surface area contributed by atoms with Crippen molar-refractivity contribution in [3.63, 3.8) is 0 Å². The van der Waals surface area contributed by atoms with Crippen molar-refractivity contribution in [2.45, 2.75) is 86.3 Å². The second-order valence-corrected chi connectivity index (χ2v) is 10.7. The number of aryl methyl sites for hydroxylation is 1. The standard InChI is InChI=1S/C25H37ClN2O5S/c1-15(26)19(23-21(30)20(29)22(31)25(33-23)34-2)28-24(32)18-12-11-17(13-14-27-18)10-6-9-16-7-4-3-5-8-16/h3-5,7-8,10,15,18-23,25,27,29-31H,6,9,11-14H2,1-2H3,(H,28,32)/b17-10+/t15-,18?,19+,20?,21-,22+,23+,25?/m0/s1. The molecule has 2 saturated heterocycles. The van der Waals surface area contributed by atoms with Crippen molar-refractivity contribution in [1.82, 2.24) is 10.6 Å². The monoisotopic (exact) mass is 512 g/mol. The highest BCUT2D eigenvalue weighted by Gasteiger charge is 2.48. The second kappa shape index (κ2) is 13.3. The number of alkyl halides is 1. The number of thioether (sulfide) groups is 1. The average molecular weight is 513 g/mol. The molecular weight excluding hydrogens is 476 g/mol. The minimum Gasteiger partial charge on any atom is -0.388 e. The molecule has 0 spiro atoms. The molecule has 1 aromatic carbocycles. The number of hydrogen-bond acceptors (Lipinski definition) is 7. The first kappa shape index (κ1) is 27.5. The summed E-state index contributed by atoms with van der Waals surface area (Å²) in [6, 6.07) is 9.28. The molecule has 5 N–H and O–H groups in total. The lowest BCUT2D eigenvalue weighted by atomic mass is 9.93. The number of rotatable bonds is 8. The summed E-state index contributed by atoms with van der Waals surface area (Å²) in [5.74, 6) is -0.208. The Labute approximate surface area is 211 Å². The van der Waals surface area contributed by atoms with Gasteiger partial charge in [-0.2, -0.15) is 0 Å². The Bertz CT molecular complexity index is 810. The third-order valence-corrected chi connectivity index (χ3v) is 7.74. The lowest BCUT2D eigenvalue weighted by molar-refractivity contribution is -0.205. The van der Waals surface area contributed by atoms with Gasteiger partial charge in [-0.1, -0.05) is 42.0 Å². The maximum atomic E-state index is 13.1. The maximum Gasteiger partial charge on any atom is 0.237 e. The van der Waals surface area contributed by atoms with Gasteiger partial charge in [0.1, 0.15) is 29.9 Å². The van der Waals surface area contributed by atoms with E-state index in [0.29, 0.717) is 13.0 Å². The Morgan fingerprint density at radius 1 is 1.24 bits per heavy atom. The molecule has 0 saturated carbocycles. The molecule has 0 aliphatic carbocycles. The highest BCUT2D eigenvalue weighted by atomic mass is 35.5. The number of aliphatic hydroxyl groups is 3. The van der Waals surface area contributed by atoms with Gasteiger partial charge in [-0.3, -0.25) is 4.79 Å². The van der Waals surface area contributed by atoms with Crippen LogP contribution in [0.1, 0.15) is 38.2 Å². The summed E-state index contributed by atoms with van der Waals surface area (Å²) in [6.45, 7) is 2.42. The van der Waals surface area contributed by atoms with Crippen molar-refractivity contribution in [2.24, 2.45) is 0 Å². The summed E-state index contributed by atoms with van der Waals surface area (Å²) in [5, 5.41) is 36.6. The molecule has 7 nitrogen and oxygen atoms in total. The van der Waals surface area contributed by atoms with E-state index in [1.165, 1.54) is 22.9 Å². The summed E-state index contributed by atoms with van der Waals surface area (Å²) >= 11 is 7.61. The van der Waals surface area contributed by atoms with Crippen molar-refractivity contribution in [3.05, 3.63) is 47.5 Å². The van der Waals surface area contributed by atoms with Gasteiger partial charge in [-0.05, 0) is 57.4 Å². The Balaban J connectivity index is 1.57. The number of aliphatic hydroxyl groups excluding tert-OH is 3. The van der Waals surface area contributed by atoms with Gasteiger partial charge in [0.25, 0.3) is 0 Å². The summed E-state index contributed by atoms with van der Waals surface area (Å²) in [6.07, 6.45) is 3.49. The molecule has 3 rings (SSSR count). The van der Waals surface area contributed by atoms with Crippen LogP contribution in [0.5, 0.6) is 0 Å². The zero-order valence-electron chi connectivity index (χ0n) is 19.8. The molecule has 1 amide bonds. The molecule has 0 bridgehead atoms. The van der Waals surface area contributed by atoms with Crippen molar-refractivity contribution in [3.8, 4) is 0 Å². The Morgan fingerprint density at radius 2 is 1.97 bits per heavy atom. The topological polar surface area (TPSA) is 111 Å². The molecule has 2 fully saturated rings. The Hall–Kier alpha value is -1.13. The summed E-state index contributed by atoms with van der Waals surface area (Å²) in [4.78, 5) is 13.1. The molecule has 9 heteroatoms. The maximum absolute atomic E-state index is 13.1. The molecule has 1 aromatic rings. The first-order chi connectivity index (χ1) is 16.3. The van der Waals surface area contributed by atoms with E-state index in [-0.39, 0.29) is 11.9 Å². The molecule has 0 aromatic heterocycles. The van der Waals surface area contributed by atoms with Crippen molar-refractivity contribution < 1.29 is 24.9 Å². The third kappa shape index (κ3) is 7.20. The summed E-state index contributed by atoms with van der Waals surface area (Å²) in [7, 11) is 0. The fourth-order valence-electron chi connectivity index (χ4n) is 4.57. The van der Waals surface area contributed by atoms with Crippen LogP contribution in [0.4, 0.5) is 0 Å². The molecule has 3 unspecified atom stereocenters. The van der Waals surface area contributed by atoms with E-state index in [1.54, 1.807) is 13.2 Å². The van der Waals surface area contributed by atoms with E-state index < -0.39 is 41.3 Å². The van der Waals surface area contributed by atoms with Gasteiger partial charge in [0.05, 0.1) is 17.5 Å². The van der Waals surface area contributed by atoms with Gasteiger partial charge in [0.15, 0.2) is 0 Å². The SMILES string of the molecule is CSC1O[C@H]([C@H](NC(=O)C2CC/C(=C\CCc3ccccc3)CCN2)[C@H](C)Cl)[C@@H](O)C(O)[C@H]1O.